The molecule has 0 amide bonds. The highest BCUT2D eigenvalue weighted by Gasteiger charge is 2.18. The normalized spacial score (nSPS) is 22.2. The summed E-state index contributed by atoms with van der Waals surface area (Å²) < 4.78 is 0. The minimum absolute atomic E-state index is 0.792. The van der Waals surface area contributed by atoms with E-state index in [1.54, 1.807) is 0 Å². The van der Waals surface area contributed by atoms with Crippen molar-refractivity contribution in [1.82, 2.24) is 10.2 Å². The van der Waals surface area contributed by atoms with Crippen LogP contribution in [0.15, 0.2) is 6.20 Å². The van der Waals surface area contributed by atoms with E-state index < -0.39 is 0 Å². The van der Waals surface area contributed by atoms with Crippen LogP contribution in [0, 0.1) is 5.92 Å². The van der Waals surface area contributed by atoms with Crippen LogP contribution < -0.4 is 5.73 Å². The van der Waals surface area contributed by atoms with Crippen molar-refractivity contribution in [2.45, 2.75) is 25.7 Å². The van der Waals surface area contributed by atoms with Gasteiger partial charge in [-0.15, -0.1) is 0 Å². The molecule has 0 aromatic carbocycles. The van der Waals surface area contributed by atoms with Crippen LogP contribution in [0.3, 0.4) is 0 Å². The van der Waals surface area contributed by atoms with Crippen LogP contribution in [0.4, 0.5) is 0 Å². The number of hydrogen-bond acceptors (Lipinski definition) is 2. The summed E-state index contributed by atoms with van der Waals surface area (Å²) in [6, 6.07) is 0. The first-order chi connectivity index (χ1) is 5.90. The lowest BCUT2D eigenvalue weighted by atomic mass is 9.86. The molecule has 0 saturated heterocycles. The molecule has 1 aromatic heterocycles. The quantitative estimate of drug-likeness (QED) is 0.683. The minimum Gasteiger partial charge on any atom is -0.330 e. The summed E-state index contributed by atoms with van der Waals surface area (Å²) in [5.41, 5.74) is 8.27. The molecule has 3 N–H and O–H groups in total. The van der Waals surface area contributed by atoms with Gasteiger partial charge in [0.2, 0.25) is 0 Å². The smallest absolute Gasteiger partial charge is 0.0522 e. The maximum atomic E-state index is 5.53. The summed E-state index contributed by atoms with van der Waals surface area (Å²) in [5, 5.41) is 7.08. The molecule has 0 aliphatic heterocycles. The summed E-state index contributed by atoms with van der Waals surface area (Å²) in [4.78, 5) is 0. The van der Waals surface area contributed by atoms with E-state index in [1.165, 1.54) is 24.1 Å². The van der Waals surface area contributed by atoms with E-state index in [0.717, 1.165) is 25.3 Å². The predicted molar refractivity (Wildman–Crippen MR) is 47.8 cm³/mol. The Morgan fingerprint density at radius 2 is 2.58 bits per heavy atom. The number of nitrogens with zero attached hydrogens (tertiary/aromatic N) is 1. The van der Waals surface area contributed by atoms with Crippen molar-refractivity contribution >= 4 is 0 Å². The Balaban J connectivity index is 2.05. The fraction of sp³-hybridized carbons (Fsp3) is 0.667. The van der Waals surface area contributed by atoms with E-state index in [0.29, 0.717) is 0 Å². The fourth-order valence-corrected chi connectivity index (χ4v) is 1.97. The summed E-state index contributed by atoms with van der Waals surface area (Å²) in [5.74, 6) is 0.792. The van der Waals surface area contributed by atoms with Crippen molar-refractivity contribution in [3.8, 4) is 0 Å². The molecule has 0 saturated carbocycles. The summed E-state index contributed by atoms with van der Waals surface area (Å²) in [6.45, 7) is 0.817. The summed E-state index contributed by atoms with van der Waals surface area (Å²) in [7, 11) is 0. The van der Waals surface area contributed by atoms with Crippen molar-refractivity contribution in [1.29, 1.82) is 0 Å². The molecule has 1 unspecified atom stereocenters. The Hall–Kier alpha value is -0.830. The number of nitrogens with two attached hydrogens (primary N) is 1. The second-order valence-corrected chi connectivity index (χ2v) is 3.56. The van der Waals surface area contributed by atoms with Crippen LogP contribution in [0.2, 0.25) is 0 Å². The molecule has 1 aliphatic carbocycles. The van der Waals surface area contributed by atoms with Gasteiger partial charge in [-0.05, 0) is 43.7 Å². The third kappa shape index (κ3) is 1.37. The van der Waals surface area contributed by atoms with E-state index in [1.807, 2.05) is 6.20 Å². The van der Waals surface area contributed by atoms with Crippen LogP contribution in [-0.2, 0) is 12.8 Å². The molecule has 1 aromatic rings. The Morgan fingerprint density at radius 1 is 1.67 bits per heavy atom. The maximum Gasteiger partial charge on any atom is 0.0522 e. The molecule has 3 nitrogen and oxygen atoms in total. The van der Waals surface area contributed by atoms with Crippen LogP contribution >= 0.6 is 0 Å². The lowest BCUT2D eigenvalue weighted by Crippen LogP contribution is -2.16. The van der Waals surface area contributed by atoms with Crippen LogP contribution in [0.1, 0.15) is 24.1 Å². The third-order valence-electron chi connectivity index (χ3n) is 2.69. The van der Waals surface area contributed by atoms with Gasteiger partial charge in [-0.1, -0.05) is 0 Å². The number of aryl methyl sites for hydroxylation is 1. The fourth-order valence-electron chi connectivity index (χ4n) is 1.97. The van der Waals surface area contributed by atoms with E-state index in [9.17, 15) is 0 Å². The van der Waals surface area contributed by atoms with Gasteiger partial charge < -0.3 is 5.73 Å². The van der Waals surface area contributed by atoms with Crippen molar-refractivity contribution in [2.75, 3.05) is 6.54 Å². The zero-order chi connectivity index (χ0) is 8.39. The average molecular weight is 165 g/mol. The molecule has 1 atom stereocenters. The van der Waals surface area contributed by atoms with Crippen molar-refractivity contribution in [2.24, 2.45) is 11.7 Å². The molecule has 2 rings (SSSR count). The summed E-state index contributed by atoms with van der Waals surface area (Å²) in [6.07, 6.45) is 6.71. The number of aromatic nitrogens is 2. The standard InChI is InChI=1S/C9H15N3/c10-4-3-7-1-2-9-8(5-7)6-11-12-9/h6-7H,1-5,10H2,(H,11,12). The van der Waals surface area contributed by atoms with E-state index >= 15 is 0 Å². The molecular weight excluding hydrogens is 150 g/mol. The Kier molecular flexibility index (Phi) is 2.13. The molecule has 0 fully saturated rings. The molecule has 0 spiro atoms. The first kappa shape index (κ1) is 7.80. The predicted octanol–water partition coefficient (Wildman–Crippen LogP) is 0.863. The molecule has 3 heteroatoms. The van der Waals surface area contributed by atoms with Gasteiger partial charge in [0.05, 0.1) is 6.20 Å². The Morgan fingerprint density at radius 3 is 3.42 bits per heavy atom. The SMILES string of the molecule is NCCC1CCc2[nH]ncc2C1. The molecule has 1 aliphatic rings. The van der Waals surface area contributed by atoms with E-state index in [-0.39, 0.29) is 0 Å². The largest absolute Gasteiger partial charge is 0.330 e. The van der Waals surface area contributed by atoms with Gasteiger partial charge in [0.15, 0.2) is 0 Å². The van der Waals surface area contributed by atoms with Crippen molar-refractivity contribution < 1.29 is 0 Å². The van der Waals surface area contributed by atoms with Crippen LogP contribution in [-0.4, -0.2) is 16.7 Å². The number of nitrogens with one attached hydrogen (secondary N) is 1. The molecule has 66 valence electrons. The highest BCUT2D eigenvalue weighted by molar-refractivity contribution is 5.19. The van der Waals surface area contributed by atoms with Gasteiger partial charge >= 0.3 is 0 Å². The number of rotatable bonds is 2. The van der Waals surface area contributed by atoms with E-state index in [2.05, 4.69) is 10.2 Å². The first-order valence-electron chi connectivity index (χ1n) is 4.61. The van der Waals surface area contributed by atoms with Gasteiger partial charge in [0, 0.05) is 5.69 Å². The van der Waals surface area contributed by atoms with Gasteiger partial charge in [-0.2, -0.15) is 5.10 Å². The van der Waals surface area contributed by atoms with Gasteiger partial charge in [0.1, 0.15) is 0 Å². The second-order valence-electron chi connectivity index (χ2n) is 3.56. The van der Waals surface area contributed by atoms with Crippen molar-refractivity contribution in [3.05, 3.63) is 17.5 Å². The number of H-pyrrole nitrogens is 1. The maximum absolute atomic E-state index is 5.53. The van der Waals surface area contributed by atoms with E-state index in [4.69, 9.17) is 5.73 Å². The van der Waals surface area contributed by atoms with Gasteiger partial charge in [-0.25, -0.2) is 0 Å². The minimum atomic E-state index is 0.792. The average Bonchev–Trinajstić information content (AvgIpc) is 2.51. The number of fused-ring (bicyclic) bond motifs is 1. The lowest BCUT2D eigenvalue weighted by molar-refractivity contribution is 0.431. The Labute approximate surface area is 72.4 Å². The van der Waals surface area contributed by atoms with Gasteiger partial charge in [0.25, 0.3) is 0 Å². The lowest BCUT2D eigenvalue weighted by Gasteiger charge is -2.20. The zero-order valence-corrected chi connectivity index (χ0v) is 7.21. The monoisotopic (exact) mass is 165 g/mol. The molecular formula is C9H15N3. The van der Waals surface area contributed by atoms with Crippen molar-refractivity contribution in [3.63, 3.8) is 0 Å². The summed E-state index contributed by atoms with van der Waals surface area (Å²) >= 11 is 0. The zero-order valence-electron chi connectivity index (χ0n) is 7.21. The molecule has 12 heavy (non-hydrogen) atoms. The molecule has 0 radical (unpaired) electrons. The van der Waals surface area contributed by atoms with Gasteiger partial charge in [-0.3, -0.25) is 5.10 Å². The van der Waals surface area contributed by atoms with Crippen LogP contribution in [0.25, 0.3) is 0 Å². The van der Waals surface area contributed by atoms with Crippen LogP contribution in [0.5, 0.6) is 0 Å². The Bertz CT molecular complexity index is 254. The highest BCUT2D eigenvalue weighted by atomic mass is 15.1. The molecule has 1 heterocycles. The third-order valence-corrected chi connectivity index (χ3v) is 2.69. The first-order valence-corrected chi connectivity index (χ1v) is 4.61. The topological polar surface area (TPSA) is 54.7 Å². The highest BCUT2D eigenvalue weighted by Crippen LogP contribution is 2.25. The number of hydrogen-bond donors (Lipinski definition) is 2. The molecule has 0 bridgehead atoms. The number of aromatic amines is 1. The second kappa shape index (κ2) is 3.27.